The molecule has 1 aromatic carbocycles. The van der Waals surface area contributed by atoms with E-state index >= 15 is 0 Å². The van der Waals surface area contributed by atoms with E-state index < -0.39 is 0 Å². The molecule has 0 saturated heterocycles. The van der Waals surface area contributed by atoms with Gasteiger partial charge in [-0.15, -0.1) is 0 Å². The Kier molecular flexibility index (Phi) is 3.35. The van der Waals surface area contributed by atoms with Crippen LogP contribution in [0.1, 0.15) is 5.56 Å². The third-order valence-corrected chi connectivity index (χ3v) is 2.38. The largest absolute Gasteiger partial charge is 0.497 e. The van der Waals surface area contributed by atoms with E-state index in [1.807, 2.05) is 0 Å². The maximum Gasteiger partial charge on any atom is 0.132 e. The van der Waals surface area contributed by atoms with Gasteiger partial charge in [0.2, 0.25) is 0 Å². The molecule has 0 unspecified atom stereocenters. The Morgan fingerprint density at radius 1 is 1.58 bits per heavy atom. The fraction of sp³-hybridized carbons (Fsp3) is 0.250. The molecule has 0 spiro atoms. The van der Waals surface area contributed by atoms with E-state index in [1.54, 1.807) is 6.07 Å². The van der Waals surface area contributed by atoms with Crippen LogP contribution in [0, 0.1) is 5.82 Å². The Labute approximate surface area is 83.6 Å². The molecular weight excluding hydrogens is 246 g/mol. The molecule has 0 aliphatic carbocycles. The molecule has 0 aliphatic heterocycles. The van der Waals surface area contributed by atoms with Crippen LogP contribution in [0.4, 0.5) is 4.39 Å². The highest BCUT2D eigenvalue weighted by Crippen LogP contribution is 2.27. The zero-order chi connectivity index (χ0) is 9.14. The quantitative estimate of drug-likeness (QED) is 0.734. The lowest BCUT2D eigenvalue weighted by atomic mass is 10.2. The van der Waals surface area contributed by atoms with Gasteiger partial charge in [0.15, 0.2) is 0 Å². The van der Waals surface area contributed by atoms with E-state index in [-0.39, 0.29) is 5.82 Å². The SMILES string of the molecule is COc1cc(F)c(CBr)c(Cl)c1. The molecule has 0 fully saturated rings. The topological polar surface area (TPSA) is 9.23 Å². The van der Waals surface area contributed by atoms with Crippen LogP contribution in [-0.4, -0.2) is 7.11 Å². The summed E-state index contributed by atoms with van der Waals surface area (Å²) in [5, 5.41) is 0.783. The maximum atomic E-state index is 13.1. The van der Waals surface area contributed by atoms with Crippen molar-refractivity contribution in [2.45, 2.75) is 5.33 Å². The summed E-state index contributed by atoms with van der Waals surface area (Å²) in [7, 11) is 1.47. The smallest absolute Gasteiger partial charge is 0.132 e. The van der Waals surface area contributed by atoms with Gasteiger partial charge in [0.05, 0.1) is 12.1 Å². The van der Waals surface area contributed by atoms with Crippen LogP contribution < -0.4 is 4.74 Å². The van der Waals surface area contributed by atoms with Crippen LogP contribution in [0.15, 0.2) is 12.1 Å². The van der Waals surface area contributed by atoms with Gasteiger partial charge in [0.1, 0.15) is 11.6 Å². The van der Waals surface area contributed by atoms with E-state index in [2.05, 4.69) is 15.9 Å². The minimum absolute atomic E-state index is 0.351. The summed E-state index contributed by atoms with van der Waals surface area (Å²) in [6, 6.07) is 2.89. The standard InChI is InChI=1S/C8H7BrClFO/c1-12-5-2-7(10)6(4-9)8(11)3-5/h2-3H,4H2,1H3. The number of hydrogen-bond acceptors (Lipinski definition) is 1. The molecule has 0 aliphatic rings. The van der Waals surface area contributed by atoms with Crippen molar-refractivity contribution in [3.63, 3.8) is 0 Å². The van der Waals surface area contributed by atoms with Crippen LogP contribution in [0.25, 0.3) is 0 Å². The highest BCUT2D eigenvalue weighted by atomic mass is 79.9. The molecule has 0 aromatic heterocycles. The summed E-state index contributed by atoms with van der Waals surface area (Å²) >= 11 is 8.90. The van der Waals surface area contributed by atoms with Crippen molar-refractivity contribution in [1.29, 1.82) is 0 Å². The molecule has 0 saturated carbocycles. The first-order valence-corrected chi connectivity index (χ1v) is 4.77. The summed E-state index contributed by atoms with van der Waals surface area (Å²) in [6.45, 7) is 0. The first kappa shape index (κ1) is 9.81. The van der Waals surface area contributed by atoms with Crippen LogP contribution in [-0.2, 0) is 5.33 Å². The molecule has 0 amide bonds. The molecular formula is C8H7BrClFO. The predicted molar refractivity (Wildman–Crippen MR) is 50.6 cm³/mol. The minimum atomic E-state index is -0.351. The van der Waals surface area contributed by atoms with E-state index in [0.29, 0.717) is 21.7 Å². The van der Waals surface area contributed by atoms with Crippen LogP contribution in [0.5, 0.6) is 5.75 Å². The number of methoxy groups -OCH3 is 1. The highest BCUT2D eigenvalue weighted by Gasteiger charge is 2.07. The maximum absolute atomic E-state index is 13.1. The van der Waals surface area contributed by atoms with Gasteiger partial charge >= 0.3 is 0 Å². The number of rotatable bonds is 2. The molecule has 12 heavy (non-hydrogen) atoms. The Bertz CT molecular complexity index is 267. The molecule has 4 heteroatoms. The molecule has 0 N–H and O–H groups in total. The Hall–Kier alpha value is -0.280. The van der Waals surface area contributed by atoms with Gasteiger partial charge in [0.25, 0.3) is 0 Å². The zero-order valence-electron chi connectivity index (χ0n) is 6.40. The molecule has 1 rings (SSSR count). The second-order valence-corrected chi connectivity index (χ2v) is 3.17. The summed E-state index contributed by atoms with van der Waals surface area (Å²) < 4.78 is 17.9. The van der Waals surface area contributed by atoms with Gasteiger partial charge in [-0.25, -0.2) is 4.39 Å². The van der Waals surface area contributed by atoms with Crippen molar-refractivity contribution in [3.8, 4) is 5.75 Å². The second-order valence-electron chi connectivity index (χ2n) is 2.20. The average molecular weight is 253 g/mol. The third-order valence-electron chi connectivity index (χ3n) is 1.48. The minimum Gasteiger partial charge on any atom is -0.497 e. The highest BCUT2D eigenvalue weighted by molar-refractivity contribution is 9.08. The van der Waals surface area contributed by atoms with E-state index in [0.717, 1.165) is 0 Å². The van der Waals surface area contributed by atoms with E-state index in [4.69, 9.17) is 16.3 Å². The molecule has 0 atom stereocenters. The average Bonchev–Trinajstić information content (AvgIpc) is 2.03. The first-order chi connectivity index (χ1) is 5.69. The third kappa shape index (κ3) is 1.90. The second kappa shape index (κ2) is 4.10. The van der Waals surface area contributed by atoms with Crippen molar-refractivity contribution in [1.82, 2.24) is 0 Å². The monoisotopic (exact) mass is 252 g/mol. The summed E-state index contributed by atoms with van der Waals surface area (Å²) in [4.78, 5) is 0. The predicted octanol–water partition coefficient (Wildman–Crippen LogP) is 3.38. The van der Waals surface area contributed by atoms with Gasteiger partial charge in [-0.1, -0.05) is 27.5 Å². The number of halogens is 3. The Balaban J connectivity index is 3.18. The van der Waals surface area contributed by atoms with Crippen LogP contribution in [0.2, 0.25) is 5.02 Å². The van der Waals surface area contributed by atoms with Crippen molar-refractivity contribution >= 4 is 27.5 Å². The molecule has 0 heterocycles. The van der Waals surface area contributed by atoms with Crippen LogP contribution >= 0.6 is 27.5 Å². The van der Waals surface area contributed by atoms with Gasteiger partial charge < -0.3 is 4.74 Å². The van der Waals surface area contributed by atoms with Crippen LogP contribution in [0.3, 0.4) is 0 Å². The van der Waals surface area contributed by atoms with Crippen molar-refractivity contribution < 1.29 is 9.13 Å². The number of benzene rings is 1. The molecule has 1 aromatic rings. The summed E-state index contributed by atoms with van der Waals surface area (Å²) in [6.07, 6.45) is 0. The summed E-state index contributed by atoms with van der Waals surface area (Å²) in [5.74, 6) is 0.0819. The molecule has 66 valence electrons. The normalized spacial score (nSPS) is 10.0. The lowest BCUT2D eigenvalue weighted by molar-refractivity contribution is 0.411. The van der Waals surface area contributed by atoms with Crippen molar-refractivity contribution in [2.24, 2.45) is 0 Å². The summed E-state index contributed by atoms with van der Waals surface area (Å²) in [5.41, 5.74) is 0.456. The van der Waals surface area contributed by atoms with E-state index in [9.17, 15) is 4.39 Å². The Morgan fingerprint density at radius 3 is 2.67 bits per heavy atom. The zero-order valence-corrected chi connectivity index (χ0v) is 8.75. The number of ether oxygens (including phenoxy) is 1. The Morgan fingerprint density at radius 2 is 2.25 bits per heavy atom. The molecule has 0 bridgehead atoms. The van der Waals surface area contributed by atoms with Gasteiger partial charge in [0, 0.05) is 17.0 Å². The van der Waals surface area contributed by atoms with Crippen molar-refractivity contribution in [3.05, 3.63) is 28.5 Å². The number of alkyl halides is 1. The van der Waals surface area contributed by atoms with Crippen molar-refractivity contribution in [2.75, 3.05) is 7.11 Å². The lowest BCUT2D eigenvalue weighted by Crippen LogP contribution is -1.90. The fourth-order valence-corrected chi connectivity index (χ4v) is 1.82. The van der Waals surface area contributed by atoms with Gasteiger partial charge in [-0.05, 0) is 6.07 Å². The fourth-order valence-electron chi connectivity index (χ4n) is 0.825. The van der Waals surface area contributed by atoms with E-state index in [1.165, 1.54) is 13.2 Å². The number of hydrogen-bond donors (Lipinski definition) is 0. The molecule has 1 nitrogen and oxygen atoms in total. The van der Waals surface area contributed by atoms with Gasteiger partial charge in [-0.2, -0.15) is 0 Å². The first-order valence-electron chi connectivity index (χ1n) is 3.27. The van der Waals surface area contributed by atoms with Gasteiger partial charge in [-0.3, -0.25) is 0 Å². The molecule has 0 radical (unpaired) electrons. The lowest BCUT2D eigenvalue weighted by Gasteiger charge is -2.05.